The van der Waals surface area contributed by atoms with Crippen LogP contribution in [0.4, 0.5) is 8.78 Å². The van der Waals surface area contributed by atoms with E-state index >= 15 is 0 Å². The van der Waals surface area contributed by atoms with E-state index in [-0.39, 0.29) is 0 Å². The first-order valence-corrected chi connectivity index (χ1v) is 9.24. The summed E-state index contributed by atoms with van der Waals surface area (Å²) < 4.78 is 26.5. The lowest BCUT2D eigenvalue weighted by Gasteiger charge is -2.37. The summed E-state index contributed by atoms with van der Waals surface area (Å²) in [4.78, 5) is 10.4. The summed E-state index contributed by atoms with van der Waals surface area (Å²) in [6.07, 6.45) is 14.0. The lowest BCUT2D eigenvalue weighted by Crippen LogP contribution is -2.25. The average Bonchev–Trinajstić information content (AvgIpc) is 2.63. The lowest BCUT2D eigenvalue weighted by atomic mass is 9.68. The molecule has 3 heteroatoms. The highest BCUT2D eigenvalue weighted by Crippen LogP contribution is 2.44. The minimum atomic E-state index is -0.757. The van der Waals surface area contributed by atoms with Crippen molar-refractivity contribution in [2.75, 3.05) is 0 Å². The van der Waals surface area contributed by atoms with Gasteiger partial charge in [-0.25, -0.2) is 8.78 Å². The second-order valence-electron chi connectivity index (χ2n) is 7.48. The highest BCUT2D eigenvalue weighted by molar-refractivity contribution is 5.64. The number of carbonyl (C=O) groups excluding carboxylic acids is 1. The molecule has 2 aliphatic carbocycles. The summed E-state index contributed by atoms with van der Waals surface area (Å²) in [6, 6.07) is 4.38. The molecule has 0 radical (unpaired) electrons. The standard InChI is InChI=1S/C21H26F2O/c22-20-12-11-19(14-21(20)23)18-9-7-17(8-10-18)16-5-3-15(4-6-16)2-1-13-24/h1-2,11-18H,3-10H2/b2-1+. The summed E-state index contributed by atoms with van der Waals surface area (Å²) >= 11 is 0. The Balaban J connectivity index is 1.49. The Labute approximate surface area is 143 Å². The first kappa shape index (κ1) is 17.3. The summed E-state index contributed by atoms with van der Waals surface area (Å²) in [5, 5.41) is 0. The normalized spacial score (nSPS) is 31.2. The largest absolute Gasteiger partial charge is 0.299 e. The number of rotatable bonds is 4. The van der Waals surface area contributed by atoms with Crippen LogP contribution in [0.2, 0.25) is 0 Å². The van der Waals surface area contributed by atoms with Gasteiger partial charge < -0.3 is 0 Å². The van der Waals surface area contributed by atoms with Crippen molar-refractivity contribution in [3.05, 3.63) is 47.5 Å². The highest BCUT2D eigenvalue weighted by Gasteiger charge is 2.30. The van der Waals surface area contributed by atoms with Crippen LogP contribution in [-0.4, -0.2) is 6.29 Å². The van der Waals surface area contributed by atoms with Gasteiger partial charge in [0.2, 0.25) is 0 Å². The number of halogens is 2. The molecule has 0 aromatic heterocycles. The van der Waals surface area contributed by atoms with E-state index in [9.17, 15) is 13.6 Å². The molecule has 1 nitrogen and oxygen atoms in total. The minimum Gasteiger partial charge on any atom is -0.299 e. The molecule has 0 saturated heterocycles. The monoisotopic (exact) mass is 332 g/mol. The molecular weight excluding hydrogens is 306 g/mol. The Hall–Kier alpha value is -1.51. The Morgan fingerprint density at radius 1 is 0.833 bits per heavy atom. The smallest absolute Gasteiger partial charge is 0.159 e. The minimum absolute atomic E-state index is 0.378. The molecule has 2 saturated carbocycles. The number of hydrogen-bond donors (Lipinski definition) is 0. The molecule has 1 aromatic rings. The molecule has 0 spiro atoms. The van der Waals surface area contributed by atoms with Gasteiger partial charge in [-0.2, -0.15) is 0 Å². The fourth-order valence-electron chi connectivity index (χ4n) is 4.70. The number of benzene rings is 1. The first-order chi connectivity index (χ1) is 11.7. The number of aldehydes is 1. The quantitative estimate of drug-likeness (QED) is 0.503. The summed E-state index contributed by atoms with van der Waals surface area (Å²) in [7, 11) is 0. The van der Waals surface area contributed by atoms with Gasteiger partial charge in [-0.3, -0.25) is 4.79 Å². The van der Waals surface area contributed by atoms with E-state index in [0.29, 0.717) is 11.8 Å². The Kier molecular flexibility index (Phi) is 5.80. The van der Waals surface area contributed by atoms with Crippen molar-refractivity contribution in [2.45, 2.75) is 57.3 Å². The van der Waals surface area contributed by atoms with Crippen molar-refractivity contribution in [2.24, 2.45) is 17.8 Å². The number of allylic oxidation sites excluding steroid dienone is 2. The van der Waals surface area contributed by atoms with Crippen LogP contribution in [-0.2, 0) is 4.79 Å². The van der Waals surface area contributed by atoms with Gasteiger partial charge in [-0.05, 0) is 98.8 Å². The number of hydrogen-bond acceptors (Lipinski definition) is 1. The van der Waals surface area contributed by atoms with Crippen molar-refractivity contribution in [1.29, 1.82) is 0 Å². The van der Waals surface area contributed by atoms with Crippen molar-refractivity contribution in [3.63, 3.8) is 0 Å². The van der Waals surface area contributed by atoms with Gasteiger partial charge in [-0.15, -0.1) is 0 Å². The topological polar surface area (TPSA) is 17.1 Å². The second kappa shape index (κ2) is 8.04. The zero-order valence-corrected chi connectivity index (χ0v) is 14.1. The molecular formula is C21H26F2O. The van der Waals surface area contributed by atoms with Crippen LogP contribution in [0.3, 0.4) is 0 Å². The maximum absolute atomic E-state index is 13.4. The molecule has 2 fully saturated rings. The molecule has 2 aliphatic rings. The van der Waals surface area contributed by atoms with E-state index in [4.69, 9.17) is 0 Å². The zero-order valence-electron chi connectivity index (χ0n) is 14.1. The van der Waals surface area contributed by atoms with E-state index < -0.39 is 11.6 Å². The van der Waals surface area contributed by atoms with Gasteiger partial charge in [0.1, 0.15) is 6.29 Å². The van der Waals surface area contributed by atoms with Crippen LogP contribution >= 0.6 is 0 Å². The van der Waals surface area contributed by atoms with Crippen molar-refractivity contribution in [1.82, 2.24) is 0 Å². The van der Waals surface area contributed by atoms with Gasteiger partial charge in [0.25, 0.3) is 0 Å². The number of carbonyl (C=O) groups is 1. The van der Waals surface area contributed by atoms with Gasteiger partial charge in [0, 0.05) is 0 Å². The molecule has 0 bridgehead atoms. The van der Waals surface area contributed by atoms with Crippen molar-refractivity contribution < 1.29 is 13.6 Å². The fraction of sp³-hybridized carbons (Fsp3) is 0.571. The Bertz CT molecular complexity index is 580. The summed E-state index contributed by atoms with van der Waals surface area (Å²) in [5.41, 5.74) is 0.954. The molecule has 0 heterocycles. The van der Waals surface area contributed by atoms with Crippen LogP contribution in [0.25, 0.3) is 0 Å². The summed E-state index contributed by atoms with van der Waals surface area (Å²) in [5.74, 6) is 1.05. The lowest BCUT2D eigenvalue weighted by molar-refractivity contribution is -0.104. The fourth-order valence-corrected chi connectivity index (χ4v) is 4.70. The average molecular weight is 332 g/mol. The third-order valence-electron chi connectivity index (χ3n) is 6.13. The van der Waals surface area contributed by atoms with Crippen LogP contribution < -0.4 is 0 Å². The molecule has 0 amide bonds. The second-order valence-corrected chi connectivity index (χ2v) is 7.48. The molecule has 24 heavy (non-hydrogen) atoms. The van der Waals surface area contributed by atoms with Crippen LogP contribution in [0.15, 0.2) is 30.4 Å². The predicted molar refractivity (Wildman–Crippen MR) is 91.7 cm³/mol. The van der Waals surface area contributed by atoms with Crippen LogP contribution in [0, 0.1) is 29.4 Å². The Morgan fingerprint density at radius 2 is 1.46 bits per heavy atom. The molecule has 130 valence electrons. The van der Waals surface area contributed by atoms with E-state index in [2.05, 4.69) is 6.08 Å². The molecule has 1 aromatic carbocycles. The van der Waals surface area contributed by atoms with E-state index in [1.165, 1.54) is 50.7 Å². The third-order valence-corrected chi connectivity index (χ3v) is 6.13. The first-order valence-electron chi connectivity index (χ1n) is 9.24. The molecule has 0 atom stereocenters. The SMILES string of the molecule is O=C/C=C/C1CCC(C2CCC(c3ccc(F)c(F)c3)CC2)CC1. The maximum atomic E-state index is 13.4. The predicted octanol–water partition coefficient (Wildman–Crippen LogP) is 5.80. The van der Waals surface area contributed by atoms with Gasteiger partial charge in [0.15, 0.2) is 11.6 Å². The molecule has 0 aliphatic heterocycles. The van der Waals surface area contributed by atoms with Crippen LogP contribution in [0.5, 0.6) is 0 Å². The van der Waals surface area contributed by atoms with E-state index in [0.717, 1.165) is 36.5 Å². The van der Waals surface area contributed by atoms with Gasteiger partial charge in [0.05, 0.1) is 0 Å². The molecule has 3 rings (SSSR count). The summed E-state index contributed by atoms with van der Waals surface area (Å²) in [6.45, 7) is 0. The maximum Gasteiger partial charge on any atom is 0.159 e. The highest BCUT2D eigenvalue weighted by atomic mass is 19.2. The molecule has 0 unspecified atom stereocenters. The van der Waals surface area contributed by atoms with Crippen molar-refractivity contribution in [3.8, 4) is 0 Å². The van der Waals surface area contributed by atoms with E-state index in [1.54, 1.807) is 12.1 Å². The third kappa shape index (κ3) is 4.12. The van der Waals surface area contributed by atoms with E-state index in [1.807, 2.05) is 0 Å². The zero-order chi connectivity index (χ0) is 16.9. The van der Waals surface area contributed by atoms with Crippen molar-refractivity contribution >= 4 is 6.29 Å². The molecule has 0 N–H and O–H groups in total. The van der Waals surface area contributed by atoms with Gasteiger partial charge >= 0.3 is 0 Å². The van der Waals surface area contributed by atoms with Gasteiger partial charge in [-0.1, -0.05) is 12.1 Å². The van der Waals surface area contributed by atoms with Crippen LogP contribution in [0.1, 0.15) is 62.8 Å². The Morgan fingerprint density at radius 3 is 2.04 bits per heavy atom.